The Labute approximate surface area is 114 Å². The van der Waals surface area contributed by atoms with Crippen molar-refractivity contribution < 1.29 is 9.53 Å². The van der Waals surface area contributed by atoms with Gasteiger partial charge in [0.2, 0.25) is 0 Å². The number of rotatable bonds is 4. The second-order valence-corrected chi connectivity index (χ2v) is 4.62. The van der Waals surface area contributed by atoms with Gasteiger partial charge in [-0.05, 0) is 6.92 Å². The predicted molar refractivity (Wildman–Crippen MR) is 75.0 cm³/mol. The number of carbonyl (C=O) groups is 1. The third-order valence-corrected chi connectivity index (χ3v) is 3.33. The van der Waals surface area contributed by atoms with Gasteiger partial charge in [0, 0.05) is 24.6 Å². The maximum atomic E-state index is 12.2. The zero-order valence-corrected chi connectivity index (χ0v) is 11.3. The van der Waals surface area contributed by atoms with E-state index in [0.717, 1.165) is 18.7 Å². The average molecular weight is 257 g/mol. The lowest BCUT2D eigenvalue weighted by molar-refractivity contribution is -0.00204. The van der Waals surface area contributed by atoms with Gasteiger partial charge in [0.05, 0.1) is 19.8 Å². The van der Waals surface area contributed by atoms with E-state index in [1.165, 1.54) is 0 Å². The van der Waals surface area contributed by atoms with Crippen LogP contribution in [0.25, 0.3) is 0 Å². The molecular weight excluding hydrogens is 238 g/mol. The van der Waals surface area contributed by atoms with Crippen LogP contribution in [0.1, 0.15) is 23.7 Å². The molecule has 0 saturated carbocycles. The summed E-state index contributed by atoms with van der Waals surface area (Å²) in [5.74, 6) is 6.14. The summed E-state index contributed by atoms with van der Waals surface area (Å²) in [6.07, 6.45) is 0.495. The number of nitrogens with zero attached hydrogens (tertiary/aromatic N) is 1. The van der Waals surface area contributed by atoms with Gasteiger partial charge in [-0.3, -0.25) is 9.69 Å². The molecule has 100 valence electrons. The molecule has 3 nitrogen and oxygen atoms in total. The highest BCUT2D eigenvalue weighted by atomic mass is 16.5. The third-order valence-electron chi connectivity index (χ3n) is 3.33. The van der Waals surface area contributed by atoms with E-state index in [1.54, 1.807) is 0 Å². The summed E-state index contributed by atoms with van der Waals surface area (Å²) in [6, 6.07) is 9.58. The SMILES string of the molecule is CC#CCN1CCOC[C@H]1CC(=O)c1ccccc1. The van der Waals surface area contributed by atoms with E-state index in [2.05, 4.69) is 16.7 Å². The normalized spacial score (nSPS) is 19.5. The molecule has 1 aromatic carbocycles. The molecule has 1 heterocycles. The Morgan fingerprint density at radius 1 is 1.42 bits per heavy atom. The summed E-state index contributed by atoms with van der Waals surface area (Å²) < 4.78 is 5.49. The maximum Gasteiger partial charge on any atom is 0.164 e. The summed E-state index contributed by atoms with van der Waals surface area (Å²) in [6.45, 7) is 4.74. The highest BCUT2D eigenvalue weighted by Crippen LogP contribution is 2.13. The van der Waals surface area contributed by atoms with Crippen LogP contribution in [0.15, 0.2) is 30.3 Å². The molecular formula is C16H19NO2. The molecule has 2 rings (SSSR count). The largest absolute Gasteiger partial charge is 0.378 e. The van der Waals surface area contributed by atoms with Crippen LogP contribution >= 0.6 is 0 Å². The minimum atomic E-state index is 0.141. The molecule has 1 fully saturated rings. The Hall–Kier alpha value is -1.63. The molecule has 0 aliphatic carbocycles. The minimum absolute atomic E-state index is 0.141. The lowest BCUT2D eigenvalue weighted by atomic mass is 10.0. The monoisotopic (exact) mass is 257 g/mol. The molecule has 0 aromatic heterocycles. The van der Waals surface area contributed by atoms with Crippen molar-refractivity contribution >= 4 is 5.78 Å². The van der Waals surface area contributed by atoms with E-state index >= 15 is 0 Å². The zero-order valence-electron chi connectivity index (χ0n) is 11.3. The number of ether oxygens (including phenoxy) is 1. The summed E-state index contributed by atoms with van der Waals surface area (Å²) in [5.41, 5.74) is 0.773. The van der Waals surface area contributed by atoms with Gasteiger partial charge in [0.15, 0.2) is 5.78 Å². The standard InChI is InChI=1S/C16H19NO2/c1-2-3-9-17-10-11-19-13-15(17)12-16(18)14-7-5-4-6-8-14/h4-8,15H,9-13H2,1H3/t15-/m1/s1. The van der Waals surface area contributed by atoms with Crippen molar-refractivity contribution in [3.63, 3.8) is 0 Å². The zero-order chi connectivity index (χ0) is 13.5. The van der Waals surface area contributed by atoms with Gasteiger partial charge in [-0.2, -0.15) is 0 Å². The number of hydrogen-bond donors (Lipinski definition) is 0. The number of carbonyl (C=O) groups excluding carboxylic acids is 1. The van der Waals surface area contributed by atoms with Crippen LogP contribution in [-0.4, -0.2) is 43.0 Å². The minimum Gasteiger partial charge on any atom is -0.378 e. The molecule has 19 heavy (non-hydrogen) atoms. The van der Waals surface area contributed by atoms with Crippen molar-refractivity contribution in [1.29, 1.82) is 0 Å². The summed E-state index contributed by atoms with van der Waals surface area (Å²) in [4.78, 5) is 14.5. The van der Waals surface area contributed by atoms with Gasteiger partial charge in [0.1, 0.15) is 0 Å². The lowest BCUT2D eigenvalue weighted by Crippen LogP contribution is -2.46. The van der Waals surface area contributed by atoms with E-state index in [4.69, 9.17) is 4.74 Å². The number of hydrogen-bond acceptors (Lipinski definition) is 3. The van der Waals surface area contributed by atoms with Crippen molar-refractivity contribution in [3.8, 4) is 11.8 Å². The van der Waals surface area contributed by atoms with Crippen LogP contribution in [0.4, 0.5) is 0 Å². The summed E-state index contributed by atoms with van der Waals surface area (Å²) >= 11 is 0. The van der Waals surface area contributed by atoms with Crippen molar-refractivity contribution in [2.75, 3.05) is 26.3 Å². The molecule has 1 aliphatic heterocycles. The molecule has 0 radical (unpaired) electrons. The lowest BCUT2D eigenvalue weighted by Gasteiger charge is -2.33. The molecule has 3 heteroatoms. The fraction of sp³-hybridized carbons (Fsp3) is 0.438. The highest BCUT2D eigenvalue weighted by molar-refractivity contribution is 5.96. The average Bonchev–Trinajstić information content (AvgIpc) is 2.47. The first-order valence-electron chi connectivity index (χ1n) is 6.61. The Kier molecular flexibility index (Phi) is 5.14. The smallest absolute Gasteiger partial charge is 0.164 e. The van der Waals surface area contributed by atoms with Crippen LogP contribution in [-0.2, 0) is 4.74 Å². The van der Waals surface area contributed by atoms with E-state index in [9.17, 15) is 4.79 Å². The van der Waals surface area contributed by atoms with E-state index < -0.39 is 0 Å². The summed E-state index contributed by atoms with van der Waals surface area (Å²) in [7, 11) is 0. The van der Waals surface area contributed by atoms with Crippen LogP contribution in [0.5, 0.6) is 0 Å². The molecule has 1 aromatic rings. The van der Waals surface area contributed by atoms with Gasteiger partial charge in [-0.15, -0.1) is 5.92 Å². The molecule has 1 aliphatic rings. The molecule has 1 atom stereocenters. The molecule has 1 saturated heterocycles. The quantitative estimate of drug-likeness (QED) is 0.610. The van der Waals surface area contributed by atoms with Crippen LogP contribution in [0, 0.1) is 11.8 Å². The number of Topliss-reactive ketones (excluding diaryl/α,β-unsaturated/α-hetero) is 1. The van der Waals surface area contributed by atoms with Gasteiger partial charge >= 0.3 is 0 Å². The number of benzene rings is 1. The Bertz CT molecular complexity index is 473. The highest BCUT2D eigenvalue weighted by Gasteiger charge is 2.24. The fourth-order valence-electron chi connectivity index (χ4n) is 2.22. The molecule has 0 N–H and O–H groups in total. The molecule has 0 amide bonds. The third kappa shape index (κ3) is 3.92. The number of morpholine rings is 1. The summed E-state index contributed by atoms with van der Waals surface area (Å²) in [5, 5.41) is 0. The fourth-order valence-corrected chi connectivity index (χ4v) is 2.22. The Morgan fingerprint density at radius 2 is 2.21 bits per heavy atom. The Balaban J connectivity index is 1.98. The first-order chi connectivity index (χ1) is 9.31. The van der Waals surface area contributed by atoms with Crippen molar-refractivity contribution in [2.24, 2.45) is 0 Å². The molecule has 0 unspecified atom stereocenters. The van der Waals surface area contributed by atoms with E-state index in [1.807, 2.05) is 37.3 Å². The maximum absolute atomic E-state index is 12.2. The van der Waals surface area contributed by atoms with Crippen molar-refractivity contribution in [3.05, 3.63) is 35.9 Å². The van der Waals surface area contributed by atoms with Crippen LogP contribution < -0.4 is 0 Å². The number of ketones is 1. The van der Waals surface area contributed by atoms with Crippen molar-refractivity contribution in [2.45, 2.75) is 19.4 Å². The predicted octanol–water partition coefficient (Wildman–Crippen LogP) is 1.98. The Morgan fingerprint density at radius 3 is 2.95 bits per heavy atom. The second kappa shape index (κ2) is 7.08. The van der Waals surface area contributed by atoms with Gasteiger partial charge in [-0.25, -0.2) is 0 Å². The van der Waals surface area contributed by atoms with Gasteiger partial charge in [0.25, 0.3) is 0 Å². The van der Waals surface area contributed by atoms with Gasteiger partial charge < -0.3 is 4.74 Å². The van der Waals surface area contributed by atoms with Gasteiger partial charge in [-0.1, -0.05) is 36.3 Å². The topological polar surface area (TPSA) is 29.5 Å². The van der Waals surface area contributed by atoms with E-state index in [0.29, 0.717) is 19.6 Å². The molecule has 0 spiro atoms. The second-order valence-electron chi connectivity index (χ2n) is 4.62. The van der Waals surface area contributed by atoms with Crippen molar-refractivity contribution in [1.82, 2.24) is 4.90 Å². The van der Waals surface area contributed by atoms with Crippen LogP contribution in [0.2, 0.25) is 0 Å². The first kappa shape index (κ1) is 13.8. The van der Waals surface area contributed by atoms with Crippen LogP contribution in [0.3, 0.4) is 0 Å². The molecule has 0 bridgehead atoms. The van der Waals surface area contributed by atoms with E-state index in [-0.39, 0.29) is 11.8 Å². The first-order valence-corrected chi connectivity index (χ1v) is 6.61.